The quantitative estimate of drug-likeness (QED) is 0.493. The molecule has 1 nitrogen and oxygen atoms in total. The van der Waals surface area contributed by atoms with Crippen molar-refractivity contribution in [3.8, 4) is 0 Å². The minimum absolute atomic E-state index is 0.530. The Labute approximate surface area is 146 Å². The summed E-state index contributed by atoms with van der Waals surface area (Å²) in [5.41, 5.74) is 1.45. The summed E-state index contributed by atoms with van der Waals surface area (Å²) in [5.74, 6) is 0. The zero-order valence-corrected chi connectivity index (χ0v) is 15.6. The summed E-state index contributed by atoms with van der Waals surface area (Å²) in [6.45, 7) is 1.04. The number of rotatable bonds is 5. The highest BCUT2D eigenvalue weighted by Crippen LogP contribution is 2.34. The van der Waals surface area contributed by atoms with Crippen molar-refractivity contribution in [3.05, 3.63) is 90.5 Å². The van der Waals surface area contributed by atoms with E-state index in [0.717, 1.165) is 11.0 Å². The minimum Gasteiger partial charge on any atom is -0.327 e. The van der Waals surface area contributed by atoms with Crippen LogP contribution in [-0.4, -0.2) is 25.6 Å². The number of hydrogen-bond donors (Lipinski definition) is 0. The first-order valence-electron chi connectivity index (χ1n) is 8.33. The fourth-order valence-corrected chi connectivity index (χ4v) is 5.42. The van der Waals surface area contributed by atoms with Crippen LogP contribution in [0.4, 0.5) is 0 Å². The van der Waals surface area contributed by atoms with Crippen molar-refractivity contribution in [2.24, 2.45) is 0 Å². The monoisotopic (exact) mass is 334 g/mol. The molecule has 0 spiro atoms. The van der Waals surface area contributed by atoms with Gasteiger partial charge in [0, 0.05) is 5.56 Å². The van der Waals surface area contributed by atoms with Gasteiger partial charge in [-0.3, -0.25) is 0 Å². The largest absolute Gasteiger partial charge is 0.327 e. The van der Waals surface area contributed by atoms with Gasteiger partial charge in [-0.1, -0.05) is 84.9 Å². The molecule has 0 saturated carbocycles. The topological polar surface area (TPSA) is 0 Å². The van der Waals surface area contributed by atoms with E-state index in [4.69, 9.17) is 0 Å². The maximum atomic E-state index is 2.32. The zero-order chi connectivity index (χ0) is 17.0. The Morgan fingerprint density at radius 3 is 1.58 bits per heavy atom. The van der Waals surface area contributed by atoms with E-state index < -0.39 is 7.92 Å². The van der Waals surface area contributed by atoms with Crippen molar-refractivity contribution in [1.82, 2.24) is 0 Å². The Kier molecular flexibility index (Phi) is 5.14. The van der Waals surface area contributed by atoms with Crippen molar-refractivity contribution in [2.45, 2.75) is 6.54 Å². The summed E-state index contributed by atoms with van der Waals surface area (Å²) in [5, 5.41) is 4.29. The molecule has 3 aromatic rings. The van der Waals surface area contributed by atoms with Gasteiger partial charge in [0.15, 0.2) is 0 Å². The third kappa shape index (κ3) is 4.12. The van der Waals surface area contributed by atoms with Crippen LogP contribution < -0.4 is 15.9 Å². The van der Waals surface area contributed by atoms with Crippen molar-refractivity contribution in [1.29, 1.82) is 0 Å². The summed E-state index contributed by atoms with van der Waals surface area (Å²) in [6.07, 6.45) is 0. The van der Waals surface area contributed by atoms with E-state index in [1.807, 2.05) is 0 Å². The molecule has 0 fully saturated rings. The predicted molar refractivity (Wildman–Crippen MR) is 107 cm³/mol. The molecule has 0 radical (unpaired) electrons. The number of nitrogens with zero attached hydrogens (tertiary/aromatic N) is 1. The van der Waals surface area contributed by atoms with Crippen LogP contribution in [-0.2, 0) is 6.54 Å². The summed E-state index contributed by atoms with van der Waals surface area (Å²) in [6, 6.07) is 30.8. The molecule has 0 bridgehead atoms. The first-order chi connectivity index (χ1) is 11.5. The van der Waals surface area contributed by atoms with Crippen LogP contribution in [0.25, 0.3) is 0 Å². The van der Waals surface area contributed by atoms with Gasteiger partial charge in [0.05, 0.1) is 21.1 Å². The third-order valence-corrected chi connectivity index (χ3v) is 6.45. The molecule has 0 N–H and O–H groups in total. The van der Waals surface area contributed by atoms with Gasteiger partial charge < -0.3 is 4.48 Å². The summed E-state index contributed by atoms with van der Waals surface area (Å²) < 4.78 is 0.934. The molecule has 0 aliphatic rings. The van der Waals surface area contributed by atoms with Gasteiger partial charge >= 0.3 is 0 Å². The lowest BCUT2D eigenvalue weighted by Crippen LogP contribution is -2.36. The highest BCUT2D eigenvalue weighted by Gasteiger charge is 2.21. The summed E-state index contributed by atoms with van der Waals surface area (Å²) in [7, 11) is 6.23. The Morgan fingerprint density at radius 2 is 1.08 bits per heavy atom. The first kappa shape index (κ1) is 16.9. The Hall–Kier alpha value is -1.95. The van der Waals surface area contributed by atoms with Crippen LogP contribution >= 0.6 is 7.92 Å². The normalized spacial score (nSPS) is 11.7. The van der Waals surface area contributed by atoms with E-state index in [2.05, 4.69) is 106 Å². The second kappa shape index (κ2) is 7.30. The van der Waals surface area contributed by atoms with E-state index in [0.29, 0.717) is 0 Å². The van der Waals surface area contributed by atoms with E-state index in [9.17, 15) is 0 Å². The molecule has 24 heavy (non-hydrogen) atoms. The second-order valence-electron chi connectivity index (χ2n) is 7.08. The lowest BCUT2D eigenvalue weighted by molar-refractivity contribution is -0.883. The van der Waals surface area contributed by atoms with E-state index in [1.54, 1.807) is 0 Å². The Morgan fingerprint density at radius 1 is 0.625 bits per heavy atom. The summed E-state index contributed by atoms with van der Waals surface area (Å²) >= 11 is 0. The fraction of sp³-hybridized carbons (Fsp3) is 0.182. The molecule has 0 saturated heterocycles. The molecule has 0 amide bonds. The highest BCUT2D eigenvalue weighted by atomic mass is 31.1. The van der Waals surface area contributed by atoms with Crippen molar-refractivity contribution in [2.75, 3.05) is 21.1 Å². The average Bonchev–Trinajstić information content (AvgIpc) is 2.57. The van der Waals surface area contributed by atoms with Crippen molar-refractivity contribution >= 4 is 23.8 Å². The highest BCUT2D eigenvalue weighted by molar-refractivity contribution is 7.79. The maximum Gasteiger partial charge on any atom is 0.104 e. The van der Waals surface area contributed by atoms with Gasteiger partial charge in [-0.05, 0) is 23.8 Å². The number of benzene rings is 3. The molecule has 0 heterocycles. The standard InChI is InChI=1S/C22H25NP/c1-23(2,3)18-19-12-10-11-17-22(19)24(20-13-6-4-7-14-20)21-15-8-5-9-16-21/h4-17H,18H2,1-3H3/q+1. The van der Waals surface area contributed by atoms with Gasteiger partial charge in [0.1, 0.15) is 6.54 Å². The smallest absolute Gasteiger partial charge is 0.104 e. The molecule has 122 valence electrons. The molecule has 0 unspecified atom stereocenters. The maximum absolute atomic E-state index is 2.32. The Balaban J connectivity index is 2.14. The molecular formula is C22H25NP+. The predicted octanol–water partition coefficient (Wildman–Crippen LogP) is 3.65. The molecule has 0 aliphatic heterocycles. The van der Waals surface area contributed by atoms with E-state index in [1.165, 1.54) is 21.5 Å². The first-order valence-corrected chi connectivity index (χ1v) is 9.67. The van der Waals surface area contributed by atoms with E-state index >= 15 is 0 Å². The van der Waals surface area contributed by atoms with Gasteiger partial charge in [-0.2, -0.15) is 0 Å². The molecule has 0 aliphatic carbocycles. The van der Waals surface area contributed by atoms with Crippen LogP contribution in [0, 0.1) is 0 Å². The molecule has 0 atom stereocenters. The van der Waals surface area contributed by atoms with Crippen LogP contribution in [0.1, 0.15) is 5.56 Å². The van der Waals surface area contributed by atoms with Gasteiger partial charge in [-0.25, -0.2) is 0 Å². The minimum atomic E-state index is -0.530. The van der Waals surface area contributed by atoms with Crippen LogP contribution in [0.15, 0.2) is 84.9 Å². The molecular weight excluding hydrogens is 309 g/mol. The molecule has 3 aromatic carbocycles. The number of quaternary nitrogens is 1. The molecule has 3 rings (SSSR count). The summed E-state index contributed by atoms with van der Waals surface area (Å²) in [4.78, 5) is 0. The van der Waals surface area contributed by atoms with Crippen molar-refractivity contribution in [3.63, 3.8) is 0 Å². The molecule has 2 heteroatoms. The SMILES string of the molecule is C[N+](C)(C)Cc1ccccc1P(c1ccccc1)c1ccccc1. The fourth-order valence-electron chi connectivity index (χ4n) is 2.96. The average molecular weight is 334 g/mol. The van der Waals surface area contributed by atoms with E-state index in [-0.39, 0.29) is 0 Å². The zero-order valence-electron chi connectivity index (χ0n) is 14.7. The van der Waals surface area contributed by atoms with Crippen molar-refractivity contribution < 1.29 is 4.48 Å². The lowest BCUT2D eigenvalue weighted by atomic mass is 10.2. The van der Waals surface area contributed by atoms with Crippen LogP contribution in [0.5, 0.6) is 0 Å². The van der Waals surface area contributed by atoms with Gasteiger partial charge in [-0.15, -0.1) is 0 Å². The van der Waals surface area contributed by atoms with Crippen LogP contribution in [0.2, 0.25) is 0 Å². The lowest BCUT2D eigenvalue weighted by Gasteiger charge is -2.28. The molecule has 0 aromatic heterocycles. The number of hydrogen-bond acceptors (Lipinski definition) is 0. The third-order valence-electron chi connectivity index (χ3n) is 3.91. The van der Waals surface area contributed by atoms with Crippen LogP contribution in [0.3, 0.4) is 0 Å². The Bertz CT molecular complexity index is 736. The van der Waals surface area contributed by atoms with Gasteiger partial charge in [0.2, 0.25) is 0 Å². The second-order valence-corrected chi connectivity index (χ2v) is 9.27. The van der Waals surface area contributed by atoms with Gasteiger partial charge in [0.25, 0.3) is 0 Å².